The Kier molecular flexibility index (Phi) is 4.97. The Morgan fingerprint density at radius 2 is 2.11 bits per heavy atom. The van der Waals surface area contributed by atoms with Crippen LogP contribution in [-0.4, -0.2) is 22.7 Å². The number of benzene rings is 1. The normalized spacial score (nSPS) is 10.2. The predicted octanol–water partition coefficient (Wildman–Crippen LogP) is 2.26. The van der Waals surface area contributed by atoms with Gasteiger partial charge in [0.25, 0.3) is 0 Å². The molecule has 0 aliphatic carbocycles. The van der Waals surface area contributed by atoms with E-state index in [1.807, 2.05) is 30.3 Å². The lowest BCUT2D eigenvalue weighted by Gasteiger charge is -2.06. The minimum atomic E-state index is -0.0493. The fourth-order valence-electron chi connectivity index (χ4n) is 1.46. The highest BCUT2D eigenvalue weighted by Gasteiger charge is 2.02. The van der Waals surface area contributed by atoms with Crippen LogP contribution in [-0.2, 0) is 11.3 Å². The molecule has 1 heterocycles. The zero-order chi connectivity index (χ0) is 13.5. The van der Waals surface area contributed by atoms with Gasteiger partial charge in [0.05, 0.1) is 25.3 Å². The van der Waals surface area contributed by atoms with Gasteiger partial charge in [-0.1, -0.05) is 15.9 Å². The highest BCUT2D eigenvalue weighted by molar-refractivity contribution is 9.10. The number of nitrogens with zero attached hydrogens (tertiary/aromatic N) is 1. The Hall–Kier alpha value is -1.82. The van der Waals surface area contributed by atoms with E-state index in [0.717, 1.165) is 15.9 Å². The van der Waals surface area contributed by atoms with E-state index in [2.05, 4.69) is 31.4 Å². The second-order valence-electron chi connectivity index (χ2n) is 3.91. The average molecular weight is 324 g/mol. The van der Waals surface area contributed by atoms with Crippen LogP contribution in [0, 0.1) is 0 Å². The maximum atomic E-state index is 11.5. The third-order valence-electron chi connectivity index (χ3n) is 2.45. The van der Waals surface area contributed by atoms with Crippen molar-refractivity contribution in [3.05, 3.63) is 46.7 Å². The van der Waals surface area contributed by atoms with E-state index in [-0.39, 0.29) is 5.91 Å². The number of rotatable bonds is 6. The molecule has 0 fully saturated rings. The number of H-pyrrole nitrogens is 1. The third kappa shape index (κ3) is 4.75. The number of hydrogen-bond donors (Lipinski definition) is 2. The first-order chi connectivity index (χ1) is 9.24. The minimum Gasteiger partial charge on any atom is -0.493 e. The van der Waals surface area contributed by atoms with Crippen molar-refractivity contribution in [3.63, 3.8) is 0 Å². The maximum absolute atomic E-state index is 11.5. The zero-order valence-electron chi connectivity index (χ0n) is 10.2. The number of ether oxygens (including phenoxy) is 1. The van der Waals surface area contributed by atoms with Crippen molar-refractivity contribution in [1.29, 1.82) is 0 Å². The molecule has 0 aliphatic rings. The summed E-state index contributed by atoms with van der Waals surface area (Å²) in [5, 5.41) is 9.37. The number of aromatic amines is 1. The van der Waals surface area contributed by atoms with Crippen LogP contribution >= 0.6 is 15.9 Å². The molecule has 19 heavy (non-hydrogen) atoms. The van der Waals surface area contributed by atoms with E-state index in [4.69, 9.17) is 4.74 Å². The second-order valence-corrected chi connectivity index (χ2v) is 4.83. The zero-order valence-corrected chi connectivity index (χ0v) is 11.8. The summed E-state index contributed by atoms with van der Waals surface area (Å²) in [5.74, 6) is 0.705. The summed E-state index contributed by atoms with van der Waals surface area (Å²) in [6, 6.07) is 9.32. The molecular weight excluding hydrogens is 310 g/mol. The van der Waals surface area contributed by atoms with Crippen molar-refractivity contribution >= 4 is 21.8 Å². The molecule has 0 aliphatic heterocycles. The Bertz CT molecular complexity index is 511. The van der Waals surface area contributed by atoms with E-state index in [1.165, 1.54) is 0 Å². The predicted molar refractivity (Wildman–Crippen MR) is 74.7 cm³/mol. The fraction of sp³-hybridized carbons (Fsp3) is 0.231. The van der Waals surface area contributed by atoms with Crippen LogP contribution in [0.25, 0.3) is 0 Å². The summed E-state index contributed by atoms with van der Waals surface area (Å²) in [5.41, 5.74) is 0.877. The van der Waals surface area contributed by atoms with E-state index in [9.17, 15) is 4.79 Å². The van der Waals surface area contributed by atoms with Crippen LogP contribution in [0.1, 0.15) is 12.1 Å². The first-order valence-corrected chi connectivity index (χ1v) is 6.66. The van der Waals surface area contributed by atoms with Crippen LogP contribution in [0.15, 0.2) is 41.0 Å². The van der Waals surface area contributed by atoms with Crippen LogP contribution < -0.4 is 10.1 Å². The second kappa shape index (κ2) is 6.94. The maximum Gasteiger partial charge on any atom is 0.223 e. The van der Waals surface area contributed by atoms with Gasteiger partial charge in [0.15, 0.2) is 0 Å². The first kappa shape index (κ1) is 13.6. The number of carbonyl (C=O) groups excluding carboxylic acids is 1. The molecule has 0 saturated heterocycles. The quantitative estimate of drug-likeness (QED) is 0.856. The lowest BCUT2D eigenvalue weighted by molar-refractivity contribution is -0.121. The molecule has 2 aromatic rings. The van der Waals surface area contributed by atoms with Crippen molar-refractivity contribution in [1.82, 2.24) is 15.5 Å². The average Bonchev–Trinajstić information content (AvgIpc) is 2.92. The topological polar surface area (TPSA) is 67.0 Å². The van der Waals surface area contributed by atoms with E-state index >= 15 is 0 Å². The Balaban J connectivity index is 1.65. The molecule has 0 saturated carbocycles. The molecule has 2 N–H and O–H groups in total. The largest absolute Gasteiger partial charge is 0.493 e. The van der Waals surface area contributed by atoms with Gasteiger partial charge >= 0.3 is 0 Å². The highest BCUT2D eigenvalue weighted by Crippen LogP contribution is 2.16. The smallest absolute Gasteiger partial charge is 0.223 e. The SMILES string of the molecule is O=C(CCOc1ccc(Br)cc1)NCc1ccn[nH]1. The Morgan fingerprint density at radius 3 is 2.79 bits per heavy atom. The molecule has 1 aromatic heterocycles. The monoisotopic (exact) mass is 323 g/mol. The van der Waals surface area contributed by atoms with Crippen molar-refractivity contribution < 1.29 is 9.53 Å². The van der Waals surface area contributed by atoms with Crippen LogP contribution in [0.4, 0.5) is 0 Å². The molecule has 1 aromatic carbocycles. The van der Waals surface area contributed by atoms with Gasteiger partial charge in [-0.25, -0.2) is 0 Å². The van der Waals surface area contributed by atoms with Gasteiger partial charge in [0.2, 0.25) is 5.91 Å². The molecule has 0 radical (unpaired) electrons. The number of hydrogen-bond acceptors (Lipinski definition) is 3. The fourth-order valence-corrected chi connectivity index (χ4v) is 1.72. The van der Waals surface area contributed by atoms with Crippen LogP contribution in [0.3, 0.4) is 0 Å². The molecule has 2 rings (SSSR count). The summed E-state index contributed by atoms with van der Waals surface area (Å²) in [4.78, 5) is 11.5. The van der Waals surface area contributed by atoms with E-state index in [1.54, 1.807) is 6.20 Å². The molecule has 0 spiro atoms. The minimum absolute atomic E-state index is 0.0493. The molecule has 0 unspecified atom stereocenters. The highest BCUT2D eigenvalue weighted by atomic mass is 79.9. The van der Waals surface area contributed by atoms with Gasteiger partial charge < -0.3 is 10.1 Å². The summed E-state index contributed by atoms with van der Waals surface area (Å²) in [6.45, 7) is 0.813. The molecule has 6 heteroatoms. The van der Waals surface area contributed by atoms with Crippen molar-refractivity contribution in [2.45, 2.75) is 13.0 Å². The first-order valence-electron chi connectivity index (χ1n) is 5.87. The summed E-state index contributed by atoms with van der Waals surface area (Å²) >= 11 is 3.35. The number of nitrogens with one attached hydrogen (secondary N) is 2. The lowest BCUT2D eigenvalue weighted by atomic mass is 10.3. The Labute approximate surface area is 119 Å². The standard InChI is InChI=1S/C13H14BrN3O2/c14-10-1-3-12(4-2-10)19-8-6-13(18)15-9-11-5-7-16-17-11/h1-5,7H,6,8-9H2,(H,15,18)(H,16,17). The molecular formula is C13H14BrN3O2. The van der Waals surface area contributed by atoms with Crippen molar-refractivity contribution in [2.75, 3.05) is 6.61 Å². The van der Waals surface area contributed by atoms with E-state index < -0.39 is 0 Å². The van der Waals surface area contributed by atoms with Crippen molar-refractivity contribution in [2.24, 2.45) is 0 Å². The summed E-state index contributed by atoms with van der Waals surface area (Å²) in [7, 11) is 0. The molecule has 0 atom stereocenters. The lowest BCUT2D eigenvalue weighted by Crippen LogP contribution is -2.24. The van der Waals surface area contributed by atoms with Gasteiger partial charge in [-0.15, -0.1) is 0 Å². The number of amides is 1. The van der Waals surface area contributed by atoms with E-state index in [0.29, 0.717) is 19.6 Å². The number of carbonyl (C=O) groups is 1. The van der Waals surface area contributed by atoms with Crippen molar-refractivity contribution in [3.8, 4) is 5.75 Å². The Morgan fingerprint density at radius 1 is 1.32 bits per heavy atom. The van der Waals surface area contributed by atoms with Gasteiger partial charge in [-0.2, -0.15) is 5.10 Å². The van der Waals surface area contributed by atoms with Crippen LogP contribution in [0.5, 0.6) is 5.75 Å². The van der Waals surface area contributed by atoms with Gasteiger partial charge in [-0.3, -0.25) is 9.89 Å². The molecule has 0 bridgehead atoms. The molecule has 1 amide bonds. The van der Waals surface area contributed by atoms with Crippen LogP contribution in [0.2, 0.25) is 0 Å². The molecule has 100 valence electrons. The summed E-state index contributed by atoms with van der Waals surface area (Å²) in [6.07, 6.45) is 1.97. The summed E-state index contributed by atoms with van der Waals surface area (Å²) < 4.78 is 6.46. The van der Waals surface area contributed by atoms with Gasteiger partial charge in [-0.05, 0) is 30.3 Å². The number of aromatic nitrogens is 2. The number of halogens is 1. The van der Waals surface area contributed by atoms with Gasteiger partial charge in [0.1, 0.15) is 5.75 Å². The third-order valence-corrected chi connectivity index (χ3v) is 2.97. The van der Waals surface area contributed by atoms with Gasteiger partial charge in [0, 0.05) is 10.7 Å². The molecule has 5 nitrogen and oxygen atoms in total.